The zero-order chi connectivity index (χ0) is 13.8. The Morgan fingerprint density at radius 2 is 1.74 bits per heavy atom. The number of carbonyl (C=O) groups is 2. The second-order valence-corrected chi connectivity index (χ2v) is 5.88. The third-order valence-electron chi connectivity index (χ3n) is 4.56. The predicted molar refractivity (Wildman–Crippen MR) is 73.4 cm³/mol. The summed E-state index contributed by atoms with van der Waals surface area (Å²) in [5.74, 6) is -0.0894. The number of amides is 2. The molecule has 3 N–H and O–H groups in total. The summed E-state index contributed by atoms with van der Waals surface area (Å²) in [5, 5.41) is 3.14. The predicted octanol–water partition coefficient (Wildman–Crippen LogP) is 0.631. The van der Waals surface area contributed by atoms with Crippen LogP contribution in [0.4, 0.5) is 0 Å². The van der Waals surface area contributed by atoms with Crippen LogP contribution in [0.5, 0.6) is 0 Å². The molecule has 108 valence electrons. The maximum atomic E-state index is 12.2. The third kappa shape index (κ3) is 3.69. The van der Waals surface area contributed by atoms with E-state index >= 15 is 0 Å². The lowest BCUT2D eigenvalue weighted by atomic mass is 9.95. The van der Waals surface area contributed by atoms with Crippen LogP contribution in [0.15, 0.2) is 0 Å². The number of hydrogen-bond donors (Lipinski definition) is 2. The topological polar surface area (TPSA) is 75.4 Å². The molecule has 5 nitrogen and oxygen atoms in total. The Balaban J connectivity index is 1.78. The Hall–Kier alpha value is -1.10. The van der Waals surface area contributed by atoms with Gasteiger partial charge in [-0.15, -0.1) is 0 Å². The van der Waals surface area contributed by atoms with Gasteiger partial charge in [0.15, 0.2) is 0 Å². The van der Waals surface area contributed by atoms with Crippen molar-refractivity contribution in [1.82, 2.24) is 10.2 Å². The fraction of sp³-hybridized carbons (Fsp3) is 0.857. The lowest BCUT2D eigenvalue weighted by Gasteiger charge is -2.34. The van der Waals surface area contributed by atoms with E-state index in [1.807, 2.05) is 6.92 Å². The summed E-state index contributed by atoms with van der Waals surface area (Å²) in [6.07, 6.45) is 6.23. The molecule has 2 aliphatic rings. The molecule has 0 aromatic carbocycles. The average molecular weight is 267 g/mol. The molecule has 1 unspecified atom stereocenters. The van der Waals surface area contributed by atoms with Crippen LogP contribution < -0.4 is 11.1 Å². The molecule has 0 spiro atoms. The number of rotatable bonds is 4. The summed E-state index contributed by atoms with van der Waals surface area (Å²) in [5.41, 5.74) is 5.32. The molecule has 1 aliphatic heterocycles. The van der Waals surface area contributed by atoms with Crippen LogP contribution in [0.2, 0.25) is 0 Å². The van der Waals surface area contributed by atoms with Gasteiger partial charge in [-0.3, -0.25) is 14.5 Å². The number of nitrogens with zero attached hydrogens (tertiary/aromatic N) is 1. The third-order valence-corrected chi connectivity index (χ3v) is 4.56. The van der Waals surface area contributed by atoms with E-state index in [1.54, 1.807) is 0 Å². The van der Waals surface area contributed by atoms with Crippen molar-refractivity contribution < 1.29 is 9.59 Å². The monoisotopic (exact) mass is 267 g/mol. The van der Waals surface area contributed by atoms with Gasteiger partial charge in [-0.1, -0.05) is 12.8 Å². The quantitative estimate of drug-likeness (QED) is 0.784. The van der Waals surface area contributed by atoms with Crippen molar-refractivity contribution in [3.05, 3.63) is 0 Å². The van der Waals surface area contributed by atoms with Gasteiger partial charge >= 0.3 is 0 Å². The summed E-state index contributed by atoms with van der Waals surface area (Å²) in [7, 11) is 0. The van der Waals surface area contributed by atoms with Crippen LogP contribution in [-0.2, 0) is 9.59 Å². The zero-order valence-corrected chi connectivity index (χ0v) is 11.7. The highest BCUT2D eigenvalue weighted by molar-refractivity contribution is 5.81. The van der Waals surface area contributed by atoms with E-state index in [9.17, 15) is 9.59 Å². The number of likely N-dealkylation sites (tertiary alicyclic amines) is 1. The Morgan fingerprint density at radius 1 is 1.16 bits per heavy atom. The van der Waals surface area contributed by atoms with Gasteiger partial charge in [0, 0.05) is 12.0 Å². The Labute approximate surface area is 114 Å². The van der Waals surface area contributed by atoms with Gasteiger partial charge < -0.3 is 11.1 Å². The van der Waals surface area contributed by atoms with E-state index in [2.05, 4.69) is 10.2 Å². The zero-order valence-electron chi connectivity index (χ0n) is 11.7. The summed E-state index contributed by atoms with van der Waals surface area (Å²) < 4.78 is 0. The number of piperidine rings is 1. The average Bonchev–Trinajstić information content (AvgIpc) is 2.90. The molecule has 0 aromatic heterocycles. The van der Waals surface area contributed by atoms with Crippen LogP contribution >= 0.6 is 0 Å². The van der Waals surface area contributed by atoms with Gasteiger partial charge in [-0.25, -0.2) is 0 Å². The first-order valence-electron chi connectivity index (χ1n) is 7.41. The van der Waals surface area contributed by atoms with Gasteiger partial charge in [0.05, 0.1) is 6.04 Å². The van der Waals surface area contributed by atoms with Crippen molar-refractivity contribution in [2.75, 3.05) is 13.1 Å². The van der Waals surface area contributed by atoms with Crippen LogP contribution in [-0.4, -0.2) is 41.9 Å². The second-order valence-electron chi connectivity index (χ2n) is 5.88. The molecule has 2 fully saturated rings. The van der Waals surface area contributed by atoms with E-state index in [-0.39, 0.29) is 23.8 Å². The molecule has 2 rings (SSSR count). The van der Waals surface area contributed by atoms with Crippen molar-refractivity contribution in [2.45, 2.75) is 57.5 Å². The molecule has 1 atom stereocenters. The first kappa shape index (κ1) is 14.3. The van der Waals surface area contributed by atoms with E-state index in [0.717, 1.165) is 38.8 Å². The van der Waals surface area contributed by atoms with E-state index in [1.165, 1.54) is 12.8 Å². The Bertz CT molecular complexity index is 332. The lowest BCUT2D eigenvalue weighted by Crippen LogP contribution is -2.51. The number of primary amides is 1. The molecule has 0 aromatic rings. The van der Waals surface area contributed by atoms with Gasteiger partial charge in [-0.05, 0) is 45.7 Å². The second kappa shape index (κ2) is 6.37. The van der Waals surface area contributed by atoms with Crippen LogP contribution in [0.3, 0.4) is 0 Å². The van der Waals surface area contributed by atoms with Gasteiger partial charge in [0.25, 0.3) is 0 Å². The molecule has 0 bridgehead atoms. The molecule has 2 amide bonds. The van der Waals surface area contributed by atoms with E-state index < -0.39 is 0 Å². The molecular weight excluding hydrogens is 242 g/mol. The molecule has 1 saturated carbocycles. The van der Waals surface area contributed by atoms with Crippen molar-refractivity contribution in [3.8, 4) is 0 Å². The standard InChI is InChI=1S/C14H25N3O2/c1-10(14(19)16-12-4-2-3-5-12)17-8-6-11(7-9-17)13(15)18/h10-12H,2-9H2,1H3,(H2,15,18)(H,16,19). The maximum absolute atomic E-state index is 12.2. The van der Waals surface area contributed by atoms with E-state index in [0.29, 0.717) is 6.04 Å². The van der Waals surface area contributed by atoms with Crippen molar-refractivity contribution in [2.24, 2.45) is 11.7 Å². The molecule has 1 aliphatic carbocycles. The Morgan fingerprint density at radius 3 is 2.26 bits per heavy atom. The van der Waals surface area contributed by atoms with Crippen LogP contribution in [0.1, 0.15) is 45.4 Å². The number of nitrogens with two attached hydrogens (primary N) is 1. The smallest absolute Gasteiger partial charge is 0.237 e. The fourth-order valence-electron chi connectivity index (χ4n) is 3.13. The first-order chi connectivity index (χ1) is 9.08. The van der Waals surface area contributed by atoms with Gasteiger partial charge in [0.1, 0.15) is 0 Å². The largest absolute Gasteiger partial charge is 0.369 e. The fourth-order valence-corrected chi connectivity index (χ4v) is 3.13. The number of nitrogens with one attached hydrogen (secondary N) is 1. The molecule has 19 heavy (non-hydrogen) atoms. The Kier molecular flexibility index (Phi) is 4.80. The lowest BCUT2D eigenvalue weighted by molar-refractivity contribution is -0.128. The highest BCUT2D eigenvalue weighted by atomic mass is 16.2. The maximum Gasteiger partial charge on any atom is 0.237 e. The molecule has 5 heteroatoms. The highest BCUT2D eigenvalue weighted by Gasteiger charge is 2.29. The summed E-state index contributed by atoms with van der Waals surface area (Å²) in [4.78, 5) is 25.4. The minimum atomic E-state index is -0.206. The number of hydrogen-bond acceptors (Lipinski definition) is 3. The van der Waals surface area contributed by atoms with Crippen LogP contribution in [0, 0.1) is 5.92 Å². The first-order valence-corrected chi connectivity index (χ1v) is 7.41. The normalized spacial score (nSPS) is 24.3. The summed E-state index contributed by atoms with van der Waals surface area (Å²) in [6, 6.07) is 0.271. The van der Waals surface area contributed by atoms with Crippen molar-refractivity contribution in [1.29, 1.82) is 0 Å². The van der Waals surface area contributed by atoms with Crippen molar-refractivity contribution >= 4 is 11.8 Å². The molecular formula is C14H25N3O2. The van der Waals surface area contributed by atoms with Gasteiger partial charge in [-0.2, -0.15) is 0 Å². The molecule has 0 radical (unpaired) electrons. The van der Waals surface area contributed by atoms with E-state index in [4.69, 9.17) is 5.73 Å². The highest BCUT2D eigenvalue weighted by Crippen LogP contribution is 2.20. The SMILES string of the molecule is CC(C(=O)NC1CCCC1)N1CCC(C(N)=O)CC1. The van der Waals surface area contributed by atoms with Crippen molar-refractivity contribution in [3.63, 3.8) is 0 Å². The minimum absolute atomic E-state index is 0.0126. The summed E-state index contributed by atoms with van der Waals surface area (Å²) in [6.45, 7) is 3.52. The summed E-state index contributed by atoms with van der Waals surface area (Å²) >= 11 is 0. The number of carbonyl (C=O) groups excluding carboxylic acids is 2. The molecule has 1 saturated heterocycles. The molecule has 1 heterocycles. The van der Waals surface area contributed by atoms with Gasteiger partial charge in [0.2, 0.25) is 11.8 Å². The van der Waals surface area contributed by atoms with Crippen LogP contribution in [0.25, 0.3) is 0 Å². The minimum Gasteiger partial charge on any atom is -0.369 e.